The smallest absolute Gasteiger partial charge is 0.370 e. The predicted molar refractivity (Wildman–Crippen MR) is 91.0 cm³/mol. The van der Waals surface area contributed by atoms with Gasteiger partial charge in [-0.1, -0.05) is 0 Å². The molecule has 0 unspecified atom stereocenters. The number of benzene rings is 1. The summed E-state index contributed by atoms with van der Waals surface area (Å²) in [5, 5.41) is 7.99. The molecule has 1 aliphatic heterocycles. The van der Waals surface area contributed by atoms with Gasteiger partial charge in [0.1, 0.15) is 17.2 Å². The van der Waals surface area contributed by atoms with E-state index in [1.54, 1.807) is 23.3 Å². The van der Waals surface area contributed by atoms with Crippen LogP contribution >= 0.6 is 0 Å². The molecule has 1 aromatic carbocycles. The lowest BCUT2D eigenvalue weighted by Gasteiger charge is -2.11. The quantitative estimate of drug-likeness (QED) is 0.749. The molecular formula is C18H16F3N5. The van der Waals surface area contributed by atoms with E-state index in [9.17, 15) is 13.2 Å². The summed E-state index contributed by atoms with van der Waals surface area (Å²) in [6.45, 7) is 0.791. The molecule has 4 rings (SSSR count). The fourth-order valence-corrected chi connectivity index (χ4v) is 3.11. The lowest BCUT2D eigenvalue weighted by Crippen LogP contribution is -2.08. The summed E-state index contributed by atoms with van der Waals surface area (Å²) in [6, 6.07) is 5.01. The molecule has 0 amide bonds. The van der Waals surface area contributed by atoms with Crippen molar-refractivity contribution in [3.63, 3.8) is 0 Å². The molecule has 3 aromatic rings. The Morgan fingerprint density at radius 2 is 1.85 bits per heavy atom. The van der Waals surface area contributed by atoms with E-state index in [0.29, 0.717) is 17.1 Å². The number of anilines is 1. The van der Waals surface area contributed by atoms with Gasteiger partial charge < -0.3 is 5.32 Å². The van der Waals surface area contributed by atoms with Crippen LogP contribution in [0.1, 0.15) is 24.0 Å². The standard InChI is InChI=1S/C18H16F3N5/c19-18(20,21)12-4-6-13(7-5-12)26-17-14(3-1-2-8-24-17)16(25-26)15-11-22-9-10-23-15/h4-7,9-11,24H,1-3,8H2. The van der Waals surface area contributed by atoms with Gasteiger partial charge in [-0.15, -0.1) is 0 Å². The summed E-state index contributed by atoms with van der Waals surface area (Å²) in [4.78, 5) is 8.42. The summed E-state index contributed by atoms with van der Waals surface area (Å²) in [5.41, 5.74) is 2.27. The first-order valence-corrected chi connectivity index (χ1v) is 8.34. The van der Waals surface area contributed by atoms with Crippen LogP contribution in [0.3, 0.4) is 0 Å². The summed E-state index contributed by atoms with van der Waals surface area (Å²) in [5.74, 6) is 0.808. The van der Waals surface area contributed by atoms with E-state index in [1.165, 1.54) is 12.1 Å². The van der Waals surface area contributed by atoms with Gasteiger partial charge in [-0.3, -0.25) is 9.97 Å². The second kappa shape index (κ2) is 6.44. The first-order chi connectivity index (χ1) is 12.5. The fraction of sp³-hybridized carbons (Fsp3) is 0.278. The van der Waals surface area contributed by atoms with Crippen LogP contribution in [0.2, 0.25) is 0 Å². The molecule has 1 N–H and O–H groups in total. The third-order valence-corrected chi connectivity index (χ3v) is 4.37. The van der Waals surface area contributed by atoms with Crippen molar-refractivity contribution >= 4 is 5.82 Å². The van der Waals surface area contributed by atoms with E-state index in [0.717, 1.165) is 49.3 Å². The highest BCUT2D eigenvalue weighted by atomic mass is 19.4. The van der Waals surface area contributed by atoms with Crippen molar-refractivity contribution in [2.45, 2.75) is 25.4 Å². The number of halogens is 3. The minimum Gasteiger partial charge on any atom is -0.370 e. The molecule has 0 atom stereocenters. The summed E-state index contributed by atoms with van der Waals surface area (Å²) in [6.07, 6.45) is 3.33. The SMILES string of the molecule is FC(F)(F)c1ccc(-n2nc(-c3cnccn3)c3c2NCCCC3)cc1. The lowest BCUT2D eigenvalue weighted by atomic mass is 10.1. The van der Waals surface area contributed by atoms with Gasteiger partial charge in [-0.05, 0) is 43.5 Å². The van der Waals surface area contributed by atoms with Gasteiger partial charge in [-0.2, -0.15) is 18.3 Å². The van der Waals surface area contributed by atoms with E-state index in [1.807, 2.05) is 0 Å². The first kappa shape index (κ1) is 16.6. The second-order valence-electron chi connectivity index (χ2n) is 6.11. The van der Waals surface area contributed by atoms with E-state index in [2.05, 4.69) is 20.4 Å². The first-order valence-electron chi connectivity index (χ1n) is 8.34. The van der Waals surface area contributed by atoms with Crippen molar-refractivity contribution in [2.24, 2.45) is 0 Å². The molecule has 0 aliphatic carbocycles. The Morgan fingerprint density at radius 1 is 1.04 bits per heavy atom. The molecular weight excluding hydrogens is 343 g/mol. The molecule has 8 heteroatoms. The molecule has 5 nitrogen and oxygen atoms in total. The van der Waals surface area contributed by atoms with Gasteiger partial charge in [0.15, 0.2) is 0 Å². The normalized spacial score (nSPS) is 14.4. The van der Waals surface area contributed by atoms with Crippen LogP contribution in [-0.2, 0) is 12.6 Å². The zero-order chi connectivity index (χ0) is 18.1. The summed E-state index contributed by atoms with van der Waals surface area (Å²) < 4.78 is 40.1. The highest BCUT2D eigenvalue weighted by Crippen LogP contribution is 2.34. The monoisotopic (exact) mass is 359 g/mol. The topological polar surface area (TPSA) is 55.6 Å². The van der Waals surface area contributed by atoms with Crippen molar-refractivity contribution in [1.82, 2.24) is 19.7 Å². The Balaban J connectivity index is 1.83. The fourth-order valence-electron chi connectivity index (χ4n) is 3.11. The Kier molecular flexibility index (Phi) is 4.10. The maximum atomic E-state index is 12.8. The van der Waals surface area contributed by atoms with Crippen LogP contribution in [0.25, 0.3) is 17.1 Å². The Labute approximate surface area is 147 Å². The molecule has 0 spiro atoms. The Hall–Kier alpha value is -2.90. The van der Waals surface area contributed by atoms with Crippen molar-refractivity contribution in [2.75, 3.05) is 11.9 Å². The molecule has 26 heavy (non-hydrogen) atoms. The van der Waals surface area contributed by atoms with Gasteiger partial charge in [0.25, 0.3) is 0 Å². The number of hydrogen-bond acceptors (Lipinski definition) is 4. The molecule has 0 saturated carbocycles. The van der Waals surface area contributed by atoms with Crippen LogP contribution in [0, 0.1) is 0 Å². The number of rotatable bonds is 2. The molecule has 0 radical (unpaired) electrons. The Morgan fingerprint density at radius 3 is 2.54 bits per heavy atom. The van der Waals surface area contributed by atoms with Gasteiger partial charge in [-0.25, -0.2) is 4.68 Å². The average Bonchev–Trinajstić information content (AvgIpc) is 2.83. The highest BCUT2D eigenvalue weighted by molar-refractivity contribution is 5.68. The maximum absolute atomic E-state index is 12.8. The average molecular weight is 359 g/mol. The highest BCUT2D eigenvalue weighted by Gasteiger charge is 2.30. The summed E-state index contributed by atoms with van der Waals surface area (Å²) in [7, 11) is 0. The van der Waals surface area contributed by atoms with E-state index >= 15 is 0 Å². The van der Waals surface area contributed by atoms with Crippen molar-refractivity contribution in [3.05, 3.63) is 54.0 Å². The van der Waals surface area contributed by atoms with Gasteiger partial charge in [0.05, 0.1) is 17.4 Å². The third-order valence-electron chi connectivity index (χ3n) is 4.37. The number of nitrogens with zero attached hydrogens (tertiary/aromatic N) is 4. The molecule has 3 heterocycles. The number of hydrogen-bond donors (Lipinski definition) is 1. The zero-order valence-corrected chi connectivity index (χ0v) is 13.8. The third kappa shape index (κ3) is 3.02. The number of fused-ring (bicyclic) bond motifs is 1. The number of nitrogens with one attached hydrogen (secondary N) is 1. The summed E-state index contributed by atoms with van der Waals surface area (Å²) >= 11 is 0. The van der Waals surface area contributed by atoms with Crippen LogP contribution in [0.5, 0.6) is 0 Å². The van der Waals surface area contributed by atoms with Crippen molar-refractivity contribution in [1.29, 1.82) is 0 Å². The predicted octanol–water partition coefficient (Wildman–Crippen LogP) is 4.10. The van der Waals surface area contributed by atoms with Crippen LogP contribution < -0.4 is 5.32 Å². The van der Waals surface area contributed by atoms with Crippen molar-refractivity contribution in [3.8, 4) is 17.1 Å². The lowest BCUT2D eigenvalue weighted by molar-refractivity contribution is -0.137. The molecule has 0 fully saturated rings. The van der Waals surface area contributed by atoms with Gasteiger partial charge in [0.2, 0.25) is 0 Å². The zero-order valence-electron chi connectivity index (χ0n) is 13.8. The van der Waals surface area contributed by atoms with Crippen LogP contribution in [0.4, 0.5) is 19.0 Å². The van der Waals surface area contributed by atoms with Gasteiger partial charge >= 0.3 is 6.18 Å². The van der Waals surface area contributed by atoms with E-state index in [4.69, 9.17) is 0 Å². The molecule has 134 valence electrons. The Bertz CT molecular complexity index is 901. The van der Waals surface area contributed by atoms with Gasteiger partial charge in [0, 0.05) is 24.5 Å². The number of alkyl halides is 3. The minimum atomic E-state index is -4.36. The van der Waals surface area contributed by atoms with E-state index in [-0.39, 0.29) is 0 Å². The largest absolute Gasteiger partial charge is 0.416 e. The molecule has 0 bridgehead atoms. The van der Waals surface area contributed by atoms with Crippen LogP contribution in [-0.4, -0.2) is 26.3 Å². The van der Waals surface area contributed by atoms with Crippen molar-refractivity contribution < 1.29 is 13.2 Å². The van der Waals surface area contributed by atoms with Crippen LogP contribution in [0.15, 0.2) is 42.9 Å². The molecule has 2 aromatic heterocycles. The molecule has 1 aliphatic rings. The second-order valence-corrected chi connectivity index (χ2v) is 6.11. The maximum Gasteiger partial charge on any atom is 0.416 e. The molecule has 0 saturated heterocycles. The van der Waals surface area contributed by atoms with E-state index < -0.39 is 11.7 Å². The minimum absolute atomic E-state index is 0.568. The number of aromatic nitrogens is 4.